The van der Waals surface area contributed by atoms with Crippen molar-refractivity contribution in [1.82, 2.24) is 10.2 Å². The Balaban J connectivity index is 1.51. The number of carbonyl (C=O) groups is 1. The van der Waals surface area contributed by atoms with Crippen LogP contribution in [0.5, 0.6) is 0 Å². The van der Waals surface area contributed by atoms with E-state index in [4.69, 9.17) is 11.6 Å². The Labute approximate surface area is 190 Å². The lowest BCUT2D eigenvalue weighted by atomic mass is 10.1. The van der Waals surface area contributed by atoms with E-state index in [2.05, 4.69) is 22.3 Å². The van der Waals surface area contributed by atoms with Gasteiger partial charge >= 0.3 is 0 Å². The second-order valence-electron chi connectivity index (χ2n) is 7.95. The van der Waals surface area contributed by atoms with E-state index in [1.54, 1.807) is 24.3 Å². The predicted octanol–water partition coefficient (Wildman–Crippen LogP) is 3.80. The molecule has 0 aliphatic carbocycles. The zero-order valence-electron chi connectivity index (χ0n) is 17.9. The molecule has 0 spiro atoms. The van der Waals surface area contributed by atoms with Crippen LogP contribution in [0.2, 0.25) is 5.02 Å². The summed E-state index contributed by atoms with van der Waals surface area (Å²) in [5.41, 5.74) is 2.87. The Hall–Kier alpha value is -2.09. The topological polar surface area (TPSA) is 69.7 Å². The monoisotopic (exact) mass is 463 g/mol. The molecule has 0 bridgehead atoms. The van der Waals surface area contributed by atoms with Gasteiger partial charge < -0.3 is 5.32 Å². The first-order chi connectivity index (χ1) is 14.8. The number of likely N-dealkylation sites (tertiary alicyclic amines) is 1. The van der Waals surface area contributed by atoms with Crippen LogP contribution in [0.25, 0.3) is 0 Å². The molecule has 2 aromatic rings. The number of hydrogen-bond acceptors (Lipinski definition) is 4. The van der Waals surface area contributed by atoms with Crippen molar-refractivity contribution in [3.05, 3.63) is 64.7 Å². The van der Waals surface area contributed by atoms with E-state index in [0.717, 1.165) is 31.5 Å². The summed E-state index contributed by atoms with van der Waals surface area (Å²) >= 11 is 6.00. The molecule has 8 heteroatoms. The van der Waals surface area contributed by atoms with Crippen molar-refractivity contribution in [2.45, 2.75) is 38.8 Å². The van der Waals surface area contributed by atoms with Gasteiger partial charge in [0.2, 0.25) is 15.9 Å². The molecule has 0 atom stereocenters. The molecule has 1 fully saturated rings. The lowest BCUT2D eigenvalue weighted by Crippen LogP contribution is -2.32. The van der Waals surface area contributed by atoms with E-state index < -0.39 is 10.0 Å². The van der Waals surface area contributed by atoms with Gasteiger partial charge in [-0.2, -0.15) is 0 Å². The molecule has 2 aromatic carbocycles. The average molecular weight is 464 g/mol. The van der Waals surface area contributed by atoms with Crippen molar-refractivity contribution < 1.29 is 13.2 Å². The number of rotatable bonds is 10. The van der Waals surface area contributed by atoms with Gasteiger partial charge in [0.25, 0.3) is 0 Å². The summed E-state index contributed by atoms with van der Waals surface area (Å²) in [6.07, 6.45) is 4.32. The third-order valence-electron chi connectivity index (χ3n) is 5.45. The molecule has 0 radical (unpaired) electrons. The minimum absolute atomic E-state index is 0.0875. The Bertz CT molecular complexity index is 991. The van der Waals surface area contributed by atoms with E-state index in [-0.39, 0.29) is 18.9 Å². The van der Waals surface area contributed by atoms with Gasteiger partial charge in [0, 0.05) is 31.1 Å². The maximum Gasteiger partial charge on any atom is 0.232 e. The van der Waals surface area contributed by atoms with Crippen LogP contribution in [-0.4, -0.2) is 45.1 Å². The van der Waals surface area contributed by atoms with Gasteiger partial charge in [0.1, 0.15) is 0 Å². The first kappa shape index (κ1) is 23.6. The maximum atomic E-state index is 12.4. The van der Waals surface area contributed by atoms with Gasteiger partial charge in [-0.25, -0.2) is 8.42 Å². The largest absolute Gasteiger partial charge is 0.352 e. The lowest BCUT2D eigenvalue weighted by Gasteiger charge is -2.22. The van der Waals surface area contributed by atoms with Crippen LogP contribution in [-0.2, 0) is 27.9 Å². The molecular weight excluding hydrogens is 434 g/mol. The number of anilines is 1. The quantitative estimate of drug-likeness (QED) is 0.581. The minimum Gasteiger partial charge on any atom is -0.352 e. The highest BCUT2D eigenvalue weighted by atomic mass is 35.5. The zero-order chi connectivity index (χ0) is 22.3. The number of nitrogens with one attached hydrogen (secondary N) is 1. The zero-order valence-corrected chi connectivity index (χ0v) is 19.5. The van der Waals surface area contributed by atoms with Crippen LogP contribution < -0.4 is 9.62 Å². The van der Waals surface area contributed by atoms with Gasteiger partial charge in [-0.05, 0) is 61.7 Å². The number of amides is 1. The highest BCUT2D eigenvalue weighted by Gasteiger charge is 2.18. The second kappa shape index (κ2) is 11.0. The molecule has 1 amide bonds. The smallest absolute Gasteiger partial charge is 0.232 e. The summed E-state index contributed by atoms with van der Waals surface area (Å²) in [6, 6.07) is 14.9. The van der Waals surface area contributed by atoms with E-state index in [1.807, 2.05) is 12.1 Å². The van der Waals surface area contributed by atoms with Crippen LogP contribution in [0.3, 0.4) is 0 Å². The summed E-state index contributed by atoms with van der Waals surface area (Å²) < 4.78 is 25.7. The number of nitrogens with zero attached hydrogens (tertiary/aromatic N) is 2. The van der Waals surface area contributed by atoms with Gasteiger partial charge in [0.05, 0.1) is 11.9 Å². The van der Waals surface area contributed by atoms with E-state index in [9.17, 15) is 13.2 Å². The van der Waals surface area contributed by atoms with E-state index >= 15 is 0 Å². The Kier molecular flexibility index (Phi) is 8.35. The molecule has 1 aliphatic heterocycles. The van der Waals surface area contributed by atoms with Gasteiger partial charge in [-0.3, -0.25) is 14.0 Å². The van der Waals surface area contributed by atoms with Crippen LogP contribution in [0, 0.1) is 0 Å². The highest BCUT2D eigenvalue weighted by Crippen LogP contribution is 2.22. The molecule has 0 unspecified atom stereocenters. The summed E-state index contributed by atoms with van der Waals surface area (Å²) in [7, 11) is -3.47. The van der Waals surface area contributed by atoms with E-state index in [0.29, 0.717) is 23.7 Å². The average Bonchev–Trinajstić information content (AvgIpc) is 3.23. The number of hydrogen-bond donors (Lipinski definition) is 1. The fourth-order valence-electron chi connectivity index (χ4n) is 3.85. The lowest BCUT2D eigenvalue weighted by molar-refractivity contribution is -0.121. The molecule has 3 rings (SSSR count). The molecule has 6 nitrogen and oxygen atoms in total. The molecule has 31 heavy (non-hydrogen) atoms. The number of carbonyl (C=O) groups excluding carboxylic acids is 1. The standard InChI is InChI=1S/C23H30ClN3O3S/c1-31(29,30)27(22-11-6-10-21(24)16-22)15-7-12-23(28)25-17-19-8-2-3-9-20(19)18-26-13-4-5-14-26/h2-3,6,8-11,16H,4-5,7,12-15,17-18H2,1H3,(H,25,28). The van der Waals surface area contributed by atoms with Crippen molar-refractivity contribution in [2.75, 3.05) is 30.2 Å². The van der Waals surface area contributed by atoms with Crippen molar-refractivity contribution in [2.24, 2.45) is 0 Å². The Morgan fingerprint density at radius 1 is 1.10 bits per heavy atom. The Morgan fingerprint density at radius 3 is 2.48 bits per heavy atom. The van der Waals surface area contributed by atoms with Gasteiger partial charge in [0.15, 0.2) is 0 Å². The number of sulfonamides is 1. The number of benzene rings is 2. The maximum absolute atomic E-state index is 12.4. The van der Waals surface area contributed by atoms with E-state index in [1.165, 1.54) is 22.7 Å². The Morgan fingerprint density at radius 2 is 1.81 bits per heavy atom. The van der Waals surface area contributed by atoms with Crippen LogP contribution >= 0.6 is 11.6 Å². The third kappa shape index (κ3) is 7.23. The first-order valence-corrected chi connectivity index (χ1v) is 12.8. The van der Waals surface area contributed by atoms with Crippen LogP contribution in [0.1, 0.15) is 36.8 Å². The van der Waals surface area contributed by atoms with Crippen LogP contribution in [0.4, 0.5) is 5.69 Å². The van der Waals surface area contributed by atoms with Crippen molar-refractivity contribution in [3.8, 4) is 0 Å². The fraction of sp³-hybridized carbons (Fsp3) is 0.435. The minimum atomic E-state index is -3.47. The fourth-order valence-corrected chi connectivity index (χ4v) is 4.99. The highest BCUT2D eigenvalue weighted by molar-refractivity contribution is 7.92. The molecule has 1 saturated heterocycles. The summed E-state index contributed by atoms with van der Waals surface area (Å²) in [5, 5.41) is 3.45. The molecule has 1 aliphatic rings. The number of halogens is 1. The van der Waals surface area contributed by atoms with Crippen molar-refractivity contribution in [3.63, 3.8) is 0 Å². The molecule has 168 valence electrons. The third-order valence-corrected chi connectivity index (χ3v) is 6.88. The molecule has 1 heterocycles. The predicted molar refractivity (Wildman–Crippen MR) is 126 cm³/mol. The van der Waals surface area contributed by atoms with Crippen molar-refractivity contribution >= 4 is 33.2 Å². The summed E-state index contributed by atoms with van der Waals surface area (Å²) in [6.45, 7) is 3.87. The van der Waals surface area contributed by atoms with Gasteiger partial charge in [-0.1, -0.05) is 41.9 Å². The molecule has 1 N–H and O–H groups in total. The SMILES string of the molecule is CS(=O)(=O)N(CCCC(=O)NCc1ccccc1CN1CCCC1)c1cccc(Cl)c1. The first-order valence-electron chi connectivity index (χ1n) is 10.6. The second-order valence-corrected chi connectivity index (χ2v) is 10.3. The molecular formula is C23H30ClN3O3S. The normalized spacial score (nSPS) is 14.5. The summed E-state index contributed by atoms with van der Waals surface area (Å²) in [4.78, 5) is 14.8. The van der Waals surface area contributed by atoms with Crippen molar-refractivity contribution in [1.29, 1.82) is 0 Å². The van der Waals surface area contributed by atoms with Gasteiger partial charge in [-0.15, -0.1) is 0 Å². The molecule has 0 saturated carbocycles. The molecule has 0 aromatic heterocycles. The van der Waals surface area contributed by atoms with Crippen LogP contribution in [0.15, 0.2) is 48.5 Å². The summed E-state index contributed by atoms with van der Waals surface area (Å²) in [5.74, 6) is -0.0875.